The second-order valence-electron chi connectivity index (χ2n) is 7.50. The van der Waals surface area contributed by atoms with E-state index in [1.54, 1.807) is 36.7 Å². The largest absolute Gasteiger partial charge is 2.00 e. The fourth-order valence-corrected chi connectivity index (χ4v) is 3.67. The Kier molecular flexibility index (Phi) is 7.81. The fourth-order valence-electron chi connectivity index (χ4n) is 3.67. The molecule has 5 heteroatoms. The van der Waals surface area contributed by atoms with Crippen LogP contribution in [-0.4, -0.2) is 11.2 Å². The Balaban J connectivity index is 0.000000180. The number of aromatic nitrogens is 1. The molecular weight excluding hydrogens is 455 g/mol. The zero-order chi connectivity index (χ0) is 22.5. The van der Waals surface area contributed by atoms with Gasteiger partial charge >= 0.3 is 16.5 Å². The van der Waals surface area contributed by atoms with E-state index in [2.05, 4.69) is 36.0 Å². The molecule has 0 N–H and O–H groups in total. The fraction of sp³-hybridized carbons (Fsp3) is 0.0714. The minimum absolute atomic E-state index is 0. The Labute approximate surface area is 203 Å². The van der Waals surface area contributed by atoms with Gasteiger partial charge in [0, 0.05) is 6.20 Å². The molecule has 0 atom stereocenters. The second-order valence-corrected chi connectivity index (χ2v) is 7.50. The average Bonchev–Trinajstić information content (AvgIpc) is 2.83. The van der Waals surface area contributed by atoms with E-state index in [0.717, 1.165) is 22.2 Å². The van der Waals surface area contributed by atoms with Crippen LogP contribution in [0.1, 0.15) is 16.8 Å². The Morgan fingerprint density at radius 1 is 0.636 bits per heavy atom. The van der Waals surface area contributed by atoms with E-state index in [1.807, 2.05) is 48.5 Å². The first kappa shape index (κ1) is 24.0. The van der Waals surface area contributed by atoms with Gasteiger partial charge in [-0.2, -0.15) is 0 Å². The number of hydrogen-bond donors (Lipinski definition) is 0. The molecule has 5 rings (SSSR count). The van der Waals surface area contributed by atoms with Crippen molar-refractivity contribution < 1.29 is 26.7 Å². The number of aryl methyl sites for hydroxylation is 2. The summed E-state index contributed by atoms with van der Waals surface area (Å²) in [5, 5.41) is 26.4. The molecule has 0 fully saturated rings. The zero-order valence-electron chi connectivity index (χ0n) is 18.3. The summed E-state index contributed by atoms with van der Waals surface area (Å²) in [5.74, 6) is -0.816. The predicted octanol–water partition coefficient (Wildman–Crippen LogP) is 5.59. The number of aliphatic imine (C=N–C) groups is 1. The molecule has 1 aromatic heterocycles. The van der Waals surface area contributed by atoms with Crippen molar-refractivity contribution in [2.75, 3.05) is 0 Å². The quantitative estimate of drug-likeness (QED) is 0.189. The Hall–Kier alpha value is -3.69. The molecule has 0 aliphatic rings. The first-order valence-electron chi connectivity index (χ1n) is 10.3. The van der Waals surface area contributed by atoms with Gasteiger partial charge in [-0.1, -0.05) is 72.8 Å². The summed E-state index contributed by atoms with van der Waals surface area (Å²) in [7, 11) is 0. The molecule has 33 heavy (non-hydrogen) atoms. The molecule has 166 valence electrons. The third-order valence-corrected chi connectivity index (χ3v) is 5.29. The summed E-state index contributed by atoms with van der Waals surface area (Å²) in [6.07, 6.45) is 3.57. The first-order chi connectivity index (χ1) is 15.6. The molecule has 1 heterocycles. The van der Waals surface area contributed by atoms with Gasteiger partial charge in [0.2, 0.25) is 0 Å². The molecule has 0 amide bonds. The van der Waals surface area contributed by atoms with Gasteiger partial charge in [0.05, 0.1) is 17.6 Å². The molecule has 5 aromatic rings. The predicted molar refractivity (Wildman–Crippen MR) is 128 cm³/mol. The summed E-state index contributed by atoms with van der Waals surface area (Å²) < 4.78 is 0. The third kappa shape index (κ3) is 5.21. The van der Waals surface area contributed by atoms with Crippen molar-refractivity contribution in [3.8, 4) is 11.5 Å². The Morgan fingerprint density at radius 2 is 1.12 bits per heavy atom. The van der Waals surface area contributed by atoms with Gasteiger partial charge < -0.3 is 10.2 Å². The number of pyridine rings is 1. The minimum Gasteiger partial charge on any atom is -0.872 e. The standard InChI is InChI=1S/C14H14N2.C14H10O2.Ni/c1-11-6-5-7-12(2)14(11)16-10-13-8-3-4-9-15-13;15-13-11-7-3-1-5-9(11)10-6-2-4-8-12(10)14(13)16;/h3-10H,1-2H3;1-8,15-16H;/q;;+2/p-2. The number of benzene rings is 4. The summed E-state index contributed by atoms with van der Waals surface area (Å²) in [6, 6.07) is 26.4. The molecule has 0 bridgehead atoms. The van der Waals surface area contributed by atoms with Gasteiger partial charge in [0.25, 0.3) is 0 Å². The van der Waals surface area contributed by atoms with Crippen molar-refractivity contribution in [2.45, 2.75) is 13.8 Å². The smallest absolute Gasteiger partial charge is 0.872 e. The summed E-state index contributed by atoms with van der Waals surface area (Å²) >= 11 is 0. The van der Waals surface area contributed by atoms with Crippen LogP contribution in [0, 0.1) is 13.8 Å². The van der Waals surface area contributed by atoms with E-state index in [4.69, 9.17) is 0 Å². The van der Waals surface area contributed by atoms with Crippen molar-refractivity contribution >= 4 is 33.4 Å². The molecule has 4 aromatic carbocycles. The maximum Gasteiger partial charge on any atom is 2.00 e. The van der Waals surface area contributed by atoms with Gasteiger partial charge in [0.15, 0.2) is 0 Å². The first-order valence-corrected chi connectivity index (χ1v) is 10.3. The van der Waals surface area contributed by atoms with Crippen LogP contribution in [0.3, 0.4) is 0 Å². The number of nitrogens with zero attached hydrogens (tertiary/aromatic N) is 2. The topological polar surface area (TPSA) is 71.4 Å². The van der Waals surface area contributed by atoms with E-state index < -0.39 is 11.5 Å². The minimum atomic E-state index is -0.408. The van der Waals surface area contributed by atoms with Crippen LogP contribution in [-0.2, 0) is 16.5 Å². The maximum absolute atomic E-state index is 11.8. The third-order valence-electron chi connectivity index (χ3n) is 5.29. The van der Waals surface area contributed by atoms with E-state index in [0.29, 0.717) is 10.8 Å². The summed E-state index contributed by atoms with van der Waals surface area (Å²) in [6.45, 7) is 4.14. The van der Waals surface area contributed by atoms with Crippen molar-refractivity contribution in [1.29, 1.82) is 0 Å². The second kappa shape index (κ2) is 10.8. The van der Waals surface area contributed by atoms with Crippen LogP contribution in [0.2, 0.25) is 0 Å². The molecule has 0 saturated carbocycles. The zero-order valence-corrected chi connectivity index (χ0v) is 19.3. The van der Waals surface area contributed by atoms with Gasteiger partial charge in [-0.15, -0.1) is 11.5 Å². The van der Waals surface area contributed by atoms with E-state index in [9.17, 15) is 10.2 Å². The monoisotopic (exact) mass is 476 g/mol. The molecule has 0 aliphatic heterocycles. The Morgan fingerprint density at radius 3 is 1.61 bits per heavy atom. The van der Waals surface area contributed by atoms with Crippen molar-refractivity contribution in [1.82, 2.24) is 4.98 Å². The molecule has 0 aliphatic carbocycles. The van der Waals surface area contributed by atoms with Gasteiger partial charge in [-0.05, 0) is 58.7 Å². The van der Waals surface area contributed by atoms with Gasteiger partial charge in [-0.25, -0.2) is 0 Å². The van der Waals surface area contributed by atoms with Crippen LogP contribution >= 0.6 is 0 Å². The molecule has 0 unspecified atom stereocenters. The number of rotatable bonds is 2. The normalized spacial score (nSPS) is 10.6. The van der Waals surface area contributed by atoms with Crippen LogP contribution in [0.4, 0.5) is 5.69 Å². The van der Waals surface area contributed by atoms with Crippen molar-refractivity contribution in [3.63, 3.8) is 0 Å². The van der Waals surface area contributed by atoms with Gasteiger partial charge in [-0.3, -0.25) is 9.98 Å². The molecular formula is C28H22N2NiO2. The molecule has 0 radical (unpaired) electrons. The Bertz CT molecular complexity index is 1340. The number of para-hydroxylation sites is 1. The van der Waals surface area contributed by atoms with Gasteiger partial charge in [0.1, 0.15) is 0 Å². The molecule has 0 saturated heterocycles. The van der Waals surface area contributed by atoms with Crippen molar-refractivity contribution in [2.24, 2.45) is 4.99 Å². The van der Waals surface area contributed by atoms with Crippen LogP contribution in [0.15, 0.2) is 96.1 Å². The van der Waals surface area contributed by atoms with E-state index in [-0.39, 0.29) is 16.5 Å². The molecule has 0 spiro atoms. The average molecular weight is 477 g/mol. The number of hydrogen-bond acceptors (Lipinski definition) is 4. The van der Waals surface area contributed by atoms with Crippen LogP contribution < -0.4 is 10.2 Å². The van der Waals surface area contributed by atoms with Crippen LogP contribution in [0.5, 0.6) is 11.5 Å². The number of fused-ring (bicyclic) bond motifs is 3. The SMILES string of the molecule is Cc1cccc(C)c1N=Cc1ccccn1.[Ni+2].[O-]c1c([O-])c2ccccc2c2ccccc12. The summed E-state index contributed by atoms with van der Waals surface area (Å²) in [4.78, 5) is 8.69. The van der Waals surface area contributed by atoms with E-state index >= 15 is 0 Å². The summed E-state index contributed by atoms with van der Waals surface area (Å²) in [5.41, 5.74) is 4.29. The van der Waals surface area contributed by atoms with Crippen molar-refractivity contribution in [3.05, 3.63) is 108 Å². The van der Waals surface area contributed by atoms with E-state index in [1.165, 1.54) is 11.1 Å². The maximum atomic E-state index is 11.8. The van der Waals surface area contributed by atoms with Crippen LogP contribution in [0.25, 0.3) is 21.5 Å². The molecule has 4 nitrogen and oxygen atoms in total.